The second-order valence-electron chi connectivity index (χ2n) is 6.69. The van der Waals surface area contributed by atoms with Crippen LogP contribution in [-0.4, -0.2) is 47.9 Å². The molecule has 24 heavy (non-hydrogen) atoms. The van der Waals surface area contributed by atoms with Crippen LogP contribution in [0.1, 0.15) is 19.3 Å². The quantitative estimate of drug-likeness (QED) is 0.605. The summed E-state index contributed by atoms with van der Waals surface area (Å²) in [5, 5.41) is 9.72. The number of aromatic nitrogens is 2. The van der Waals surface area contributed by atoms with Gasteiger partial charge in [0.05, 0.1) is 24.4 Å². The standard InChI is InChI=1S/C16H25N5O3/c1-24-5-4-18-13(22)9-21-8-12(7-19-21)20-16(23)14-10-2-3-11(6-10)15(14)17/h7-8,10-11,14-15H,2-6,9,17H2,1H3,(H,18,22)(H,20,23). The van der Waals surface area contributed by atoms with Gasteiger partial charge in [-0.25, -0.2) is 0 Å². The molecule has 132 valence electrons. The molecule has 4 N–H and O–H groups in total. The largest absolute Gasteiger partial charge is 0.383 e. The van der Waals surface area contributed by atoms with Crippen LogP contribution in [0.3, 0.4) is 0 Å². The van der Waals surface area contributed by atoms with Gasteiger partial charge in [-0.2, -0.15) is 5.10 Å². The first-order valence-electron chi connectivity index (χ1n) is 8.43. The Morgan fingerprint density at radius 2 is 2.21 bits per heavy atom. The van der Waals surface area contributed by atoms with Crippen molar-refractivity contribution in [2.24, 2.45) is 23.5 Å². The van der Waals surface area contributed by atoms with Crippen LogP contribution < -0.4 is 16.4 Å². The molecule has 0 spiro atoms. The molecule has 2 saturated carbocycles. The molecule has 0 radical (unpaired) electrons. The second-order valence-corrected chi connectivity index (χ2v) is 6.69. The number of nitrogens with one attached hydrogen (secondary N) is 2. The number of nitrogens with two attached hydrogens (primary N) is 1. The molecular formula is C16H25N5O3. The third-order valence-electron chi connectivity index (χ3n) is 5.12. The lowest BCUT2D eigenvalue weighted by Gasteiger charge is -2.26. The third-order valence-corrected chi connectivity index (χ3v) is 5.12. The number of carbonyl (C=O) groups is 2. The van der Waals surface area contributed by atoms with Gasteiger partial charge in [0.1, 0.15) is 6.54 Å². The van der Waals surface area contributed by atoms with Gasteiger partial charge in [-0.3, -0.25) is 14.3 Å². The van der Waals surface area contributed by atoms with Crippen LogP contribution in [-0.2, 0) is 20.9 Å². The highest BCUT2D eigenvalue weighted by atomic mass is 16.5. The fourth-order valence-electron chi connectivity index (χ4n) is 3.96. The molecular weight excluding hydrogens is 310 g/mol. The van der Waals surface area contributed by atoms with Gasteiger partial charge in [0.2, 0.25) is 11.8 Å². The first kappa shape index (κ1) is 16.9. The number of methoxy groups -OCH3 is 1. The average molecular weight is 335 g/mol. The highest BCUT2D eigenvalue weighted by Crippen LogP contribution is 2.47. The number of carbonyl (C=O) groups excluding carboxylic acids is 2. The predicted molar refractivity (Wildman–Crippen MR) is 88.0 cm³/mol. The highest BCUT2D eigenvalue weighted by Gasteiger charge is 2.49. The van der Waals surface area contributed by atoms with Gasteiger partial charge in [-0.05, 0) is 31.1 Å². The number of fused-ring (bicyclic) bond motifs is 2. The van der Waals surface area contributed by atoms with Crippen molar-refractivity contribution in [3.05, 3.63) is 12.4 Å². The molecule has 2 aliphatic carbocycles. The van der Waals surface area contributed by atoms with Crippen LogP contribution in [0, 0.1) is 17.8 Å². The fourth-order valence-corrected chi connectivity index (χ4v) is 3.96. The molecule has 8 heteroatoms. The Morgan fingerprint density at radius 1 is 1.42 bits per heavy atom. The van der Waals surface area contributed by atoms with E-state index in [1.807, 2.05) is 0 Å². The molecule has 1 aromatic rings. The minimum absolute atomic E-state index is 0.0289. The van der Waals surface area contributed by atoms with E-state index in [-0.39, 0.29) is 30.3 Å². The molecule has 3 rings (SSSR count). The molecule has 4 atom stereocenters. The highest BCUT2D eigenvalue weighted by molar-refractivity contribution is 5.93. The van der Waals surface area contributed by atoms with Gasteiger partial charge in [0.25, 0.3) is 0 Å². The molecule has 1 aromatic heterocycles. The summed E-state index contributed by atoms with van der Waals surface area (Å²) in [6.45, 7) is 1.03. The second kappa shape index (κ2) is 7.31. The summed E-state index contributed by atoms with van der Waals surface area (Å²) in [5.41, 5.74) is 6.80. The van der Waals surface area contributed by atoms with E-state index in [0.717, 1.165) is 19.3 Å². The summed E-state index contributed by atoms with van der Waals surface area (Å²) >= 11 is 0. The Morgan fingerprint density at radius 3 is 2.92 bits per heavy atom. The summed E-state index contributed by atoms with van der Waals surface area (Å²) in [6.07, 6.45) is 6.52. The molecule has 2 fully saturated rings. The summed E-state index contributed by atoms with van der Waals surface area (Å²) < 4.78 is 6.37. The molecule has 1 heterocycles. The first-order chi connectivity index (χ1) is 11.6. The summed E-state index contributed by atoms with van der Waals surface area (Å²) in [6, 6.07) is -0.0367. The Kier molecular flexibility index (Phi) is 5.15. The molecule has 0 saturated heterocycles. The molecule has 4 unspecified atom stereocenters. The lowest BCUT2D eigenvalue weighted by atomic mass is 9.84. The van der Waals surface area contributed by atoms with Crippen molar-refractivity contribution >= 4 is 17.5 Å². The van der Waals surface area contributed by atoms with Crippen molar-refractivity contribution in [2.75, 3.05) is 25.6 Å². The number of rotatable bonds is 7. The first-order valence-corrected chi connectivity index (χ1v) is 8.43. The fraction of sp³-hybridized carbons (Fsp3) is 0.688. The van der Waals surface area contributed by atoms with E-state index < -0.39 is 0 Å². The Bertz CT molecular complexity index is 600. The SMILES string of the molecule is COCCNC(=O)Cn1cc(NC(=O)C2C3CCC(C3)C2N)cn1. The van der Waals surface area contributed by atoms with Crippen LogP contribution in [0.4, 0.5) is 5.69 Å². The maximum Gasteiger partial charge on any atom is 0.241 e. The number of hydrogen-bond acceptors (Lipinski definition) is 5. The van der Waals surface area contributed by atoms with Crippen LogP contribution in [0.5, 0.6) is 0 Å². The minimum atomic E-state index is -0.150. The number of amides is 2. The van der Waals surface area contributed by atoms with E-state index in [4.69, 9.17) is 10.5 Å². The molecule has 2 amide bonds. The summed E-state index contributed by atoms with van der Waals surface area (Å²) in [5.74, 6) is 0.613. The van der Waals surface area contributed by atoms with Crippen molar-refractivity contribution in [1.82, 2.24) is 15.1 Å². The number of anilines is 1. The molecule has 2 bridgehead atoms. The van der Waals surface area contributed by atoms with Gasteiger partial charge < -0.3 is 21.1 Å². The maximum atomic E-state index is 12.5. The summed E-state index contributed by atoms with van der Waals surface area (Å²) in [7, 11) is 1.58. The van der Waals surface area contributed by atoms with Crippen molar-refractivity contribution in [1.29, 1.82) is 0 Å². The number of hydrogen-bond donors (Lipinski definition) is 3. The third kappa shape index (κ3) is 3.59. The minimum Gasteiger partial charge on any atom is -0.383 e. The lowest BCUT2D eigenvalue weighted by molar-refractivity contribution is -0.122. The molecule has 0 aromatic carbocycles. The zero-order valence-corrected chi connectivity index (χ0v) is 13.9. The summed E-state index contributed by atoms with van der Waals surface area (Å²) in [4.78, 5) is 24.2. The Labute approximate surface area is 141 Å². The normalized spacial score (nSPS) is 28.1. The number of ether oxygens (including phenoxy) is 1. The number of nitrogens with zero attached hydrogens (tertiary/aromatic N) is 2. The van der Waals surface area contributed by atoms with E-state index in [1.165, 1.54) is 4.68 Å². The monoisotopic (exact) mass is 335 g/mol. The van der Waals surface area contributed by atoms with Gasteiger partial charge in [-0.15, -0.1) is 0 Å². The van der Waals surface area contributed by atoms with Crippen LogP contribution in [0.2, 0.25) is 0 Å². The molecule has 0 aliphatic heterocycles. The van der Waals surface area contributed by atoms with Crippen molar-refractivity contribution < 1.29 is 14.3 Å². The zero-order chi connectivity index (χ0) is 17.1. The van der Waals surface area contributed by atoms with Crippen LogP contribution >= 0.6 is 0 Å². The Hall–Kier alpha value is -1.93. The van der Waals surface area contributed by atoms with E-state index >= 15 is 0 Å². The average Bonchev–Trinajstić information content (AvgIpc) is 3.24. The molecule has 2 aliphatic rings. The van der Waals surface area contributed by atoms with Crippen molar-refractivity contribution in [2.45, 2.75) is 31.8 Å². The van der Waals surface area contributed by atoms with E-state index in [0.29, 0.717) is 30.7 Å². The Balaban J connectivity index is 1.51. The van der Waals surface area contributed by atoms with Crippen molar-refractivity contribution in [3.63, 3.8) is 0 Å². The zero-order valence-electron chi connectivity index (χ0n) is 13.9. The topological polar surface area (TPSA) is 111 Å². The predicted octanol–water partition coefficient (Wildman–Crippen LogP) is -0.0424. The van der Waals surface area contributed by atoms with E-state index in [1.54, 1.807) is 19.5 Å². The van der Waals surface area contributed by atoms with Crippen LogP contribution in [0.25, 0.3) is 0 Å². The van der Waals surface area contributed by atoms with Crippen LogP contribution in [0.15, 0.2) is 12.4 Å². The van der Waals surface area contributed by atoms with Gasteiger partial charge >= 0.3 is 0 Å². The lowest BCUT2D eigenvalue weighted by Crippen LogP contribution is -2.42. The van der Waals surface area contributed by atoms with E-state index in [9.17, 15) is 9.59 Å². The van der Waals surface area contributed by atoms with Gasteiger partial charge in [0, 0.05) is 25.9 Å². The maximum absolute atomic E-state index is 12.5. The smallest absolute Gasteiger partial charge is 0.241 e. The van der Waals surface area contributed by atoms with Gasteiger partial charge in [-0.1, -0.05) is 0 Å². The van der Waals surface area contributed by atoms with Crippen molar-refractivity contribution in [3.8, 4) is 0 Å². The molecule has 8 nitrogen and oxygen atoms in total. The van der Waals surface area contributed by atoms with Gasteiger partial charge in [0.15, 0.2) is 0 Å². The van der Waals surface area contributed by atoms with E-state index in [2.05, 4.69) is 15.7 Å².